The number of rotatable bonds is 36. The Morgan fingerprint density at radius 3 is 1.80 bits per heavy atom. The van der Waals surface area contributed by atoms with Crippen LogP contribution in [0, 0.1) is 0 Å². The minimum Gasteiger partial charge on any atom is -0.469 e. The molecule has 370 valence electrons. The second-order valence-corrected chi connectivity index (χ2v) is 17.5. The first-order valence-corrected chi connectivity index (χ1v) is 24.3. The van der Waals surface area contributed by atoms with Gasteiger partial charge in [-0.2, -0.15) is 0 Å². The molecule has 17 nitrogen and oxygen atoms in total. The number of aliphatic hydroxyl groups is 1. The Kier molecular flexibility index (Phi) is 31.8. The molecule has 0 aromatic heterocycles. The van der Waals surface area contributed by atoms with Crippen LogP contribution in [0.4, 0.5) is 0 Å². The van der Waals surface area contributed by atoms with Gasteiger partial charge in [-0.15, -0.1) is 12.6 Å². The van der Waals surface area contributed by atoms with E-state index in [-0.39, 0.29) is 31.7 Å². The number of unbranched alkanes of at least 4 members (excludes halogenated alkanes) is 16. The average Bonchev–Trinajstić information content (AvgIpc) is 3.24. The molecule has 1 aliphatic heterocycles. The van der Waals surface area contributed by atoms with Gasteiger partial charge in [-0.3, -0.25) is 33.6 Å². The van der Waals surface area contributed by atoms with E-state index in [0.717, 1.165) is 57.8 Å². The van der Waals surface area contributed by atoms with Gasteiger partial charge in [-0.1, -0.05) is 117 Å². The summed E-state index contributed by atoms with van der Waals surface area (Å²) in [4.78, 5) is 87.8. The molecule has 0 aromatic carbocycles. The molecule has 1 fully saturated rings. The standard InChI is InChI=1S/C46H82N4O13S/c1-7-9-11-13-15-16-17-18-20-22-24-26-38(53)62-34(25-23-21-19-14-12-10-8-2)29-39(54)60-30-36-41(55)42(40(46(64)63-36)49-33(5)51)61-32(4)45(58)48-31(3)44(57)50-35(43(47)56)27-28-37(52)59-6/h31-32,34-36,40-42,46,55,64H,7-30H2,1-6H3,(H2,47,56)(H,48,58)(H,49,51)(H,50,57)/t31-,32?,34+,35+,36+,40+,41+,42-,46-/m0/s1. The Labute approximate surface area is 387 Å². The predicted molar refractivity (Wildman–Crippen MR) is 245 cm³/mol. The maximum Gasteiger partial charge on any atom is 0.309 e. The summed E-state index contributed by atoms with van der Waals surface area (Å²) in [6.45, 7) is 7.92. The lowest BCUT2D eigenvalue weighted by Gasteiger charge is -2.43. The molecule has 1 unspecified atom stereocenters. The molecule has 1 rings (SSSR count). The Hall–Kier alpha value is -3.48. The normalized spacial score (nSPS) is 20.2. The Bertz CT molecular complexity index is 1390. The minimum absolute atomic E-state index is 0.117. The fourth-order valence-electron chi connectivity index (χ4n) is 7.39. The van der Waals surface area contributed by atoms with Crippen molar-refractivity contribution in [2.45, 2.75) is 236 Å². The van der Waals surface area contributed by atoms with Crippen LogP contribution in [0.3, 0.4) is 0 Å². The zero-order valence-electron chi connectivity index (χ0n) is 39.5. The maximum absolute atomic E-state index is 13.2. The number of esters is 3. The van der Waals surface area contributed by atoms with E-state index in [2.05, 4.69) is 47.2 Å². The molecule has 4 amide bonds. The maximum atomic E-state index is 13.2. The quantitative estimate of drug-likeness (QED) is 0.0200. The van der Waals surface area contributed by atoms with E-state index in [0.29, 0.717) is 6.42 Å². The third kappa shape index (κ3) is 25.9. The number of nitrogens with two attached hydrogens (primary N) is 1. The predicted octanol–water partition coefficient (Wildman–Crippen LogP) is 5.40. The van der Waals surface area contributed by atoms with Gasteiger partial charge in [0.1, 0.15) is 54.6 Å². The second kappa shape index (κ2) is 34.8. The van der Waals surface area contributed by atoms with Gasteiger partial charge >= 0.3 is 17.9 Å². The number of amides is 4. The molecule has 9 atom stereocenters. The highest BCUT2D eigenvalue weighted by Crippen LogP contribution is 2.28. The van der Waals surface area contributed by atoms with E-state index in [1.807, 2.05) is 0 Å². The van der Waals surface area contributed by atoms with Crippen molar-refractivity contribution in [3.63, 3.8) is 0 Å². The number of nitrogens with one attached hydrogen (secondary N) is 3. The second-order valence-electron chi connectivity index (χ2n) is 17.0. The van der Waals surface area contributed by atoms with E-state index in [9.17, 15) is 38.7 Å². The first-order chi connectivity index (χ1) is 30.5. The van der Waals surface area contributed by atoms with E-state index in [1.54, 1.807) is 0 Å². The van der Waals surface area contributed by atoms with Crippen molar-refractivity contribution in [1.82, 2.24) is 16.0 Å². The van der Waals surface area contributed by atoms with Gasteiger partial charge in [0.15, 0.2) is 0 Å². The zero-order chi connectivity index (χ0) is 47.9. The molecule has 0 spiro atoms. The van der Waals surface area contributed by atoms with E-state index < -0.39 is 96.3 Å². The molecular weight excluding hydrogens is 849 g/mol. The molecule has 0 aromatic rings. The Morgan fingerprint density at radius 1 is 0.719 bits per heavy atom. The smallest absolute Gasteiger partial charge is 0.309 e. The van der Waals surface area contributed by atoms with Gasteiger partial charge < -0.3 is 50.5 Å². The first-order valence-electron chi connectivity index (χ1n) is 23.8. The summed E-state index contributed by atoms with van der Waals surface area (Å²) in [6, 6.07) is -3.45. The summed E-state index contributed by atoms with van der Waals surface area (Å²) in [5.74, 6) is -4.54. The lowest BCUT2D eigenvalue weighted by Crippen LogP contribution is -2.64. The van der Waals surface area contributed by atoms with E-state index >= 15 is 0 Å². The number of aliphatic hydroxyl groups excluding tert-OH is 1. The number of primary amides is 1. The average molecular weight is 931 g/mol. The molecule has 1 aliphatic rings. The van der Waals surface area contributed by atoms with Gasteiger partial charge in [0.25, 0.3) is 0 Å². The Morgan fingerprint density at radius 2 is 1.27 bits per heavy atom. The molecule has 64 heavy (non-hydrogen) atoms. The molecule has 18 heteroatoms. The molecule has 6 N–H and O–H groups in total. The van der Waals surface area contributed by atoms with Gasteiger partial charge in [-0.25, -0.2) is 0 Å². The van der Waals surface area contributed by atoms with Crippen LogP contribution in [0.2, 0.25) is 0 Å². The van der Waals surface area contributed by atoms with Crippen LogP contribution >= 0.6 is 12.6 Å². The number of ether oxygens (including phenoxy) is 5. The monoisotopic (exact) mass is 931 g/mol. The highest BCUT2D eigenvalue weighted by molar-refractivity contribution is 7.80. The van der Waals surface area contributed by atoms with Crippen molar-refractivity contribution in [2.24, 2.45) is 5.73 Å². The molecular formula is C46H82N4O13S. The van der Waals surface area contributed by atoms with Crippen LogP contribution in [-0.2, 0) is 57.2 Å². The number of thiol groups is 1. The van der Waals surface area contributed by atoms with Crippen molar-refractivity contribution < 1.29 is 62.4 Å². The summed E-state index contributed by atoms with van der Waals surface area (Å²) < 4.78 is 27.8. The fraction of sp³-hybridized carbons (Fsp3) is 0.848. The van der Waals surface area contributed by atoms with Crippen LogP contribution < -0.4 is 21.7 Å². The summed E-state index contributed by atoms with van der Waals surface area (Å²) in [6.07, 6.45) is 14.5. The third-order valence-electron chi connectivity index (χ3n) is 11.3. The topological polar surface area (TPSA) is 248 Å². The lowest BCUT2D eigenvalue weighted by atomic mass is 9.97. The molecule has 0 aliphatic carbocycles. The molecule has 0 saturated carbocycles. The molecule has 0 radical (unpaired) electrons. The van der Waals surface area contributed by atoms with Crippen molar-refractivity contribution >= 4 is 54.2 Å². The summed E-state index contributed by atoms with van der Waals surface area (Å²) in [7, 11) is 1.18. The molecule has 1 saturated heterocycles. The molecule has 0 bridgehead atoms. The van der Waals surface area contributed by atoms with Gasteiger partial charge in [0, 0.05) is 19.8 Å². The van der Waals surface area contributed by atoms with Gasteiger partial charge in [-0.05, 0) is 39.5 Å². The van der Waals surface area contributed by atoms with Crippen LogP contribution in [0.5, 0.6) is 0 Å². The van der Waals surface area contributed by atoms with E-state index in [4.69, 9.17) is 24.7 Å². The number of carbonyl (C=O) groups is 7. The summed E-state index contributed by atoms with van der Waals surface area (Å²) in [5.41, 5.74) is 4.31. The fourth-order valence-corrected chi connectivity index (χ4v) is 7.79. The van der Waals surface area contributed by atoms with Crippen LogP contribution in [0.1, 0.15) is 182 Å². The SMILES string of the molecule is CCCCCCCCCCCCCC(=O)O[C@H](CCCCCCCCC)CC(=O)OC[C@H]1O[C@@H](S)[C@H](NC(C)=O)[C@H](OC(C)C(=O)N[C@@H](C)C(=O)N[C@H](CCC(=O)OC)C(N)=O)[C@@H]1O. The van der Waals surface area contributed by atoms with Crippen molar-refractivity contribution in [2.75, 3.05) is 13.7 Å². The largest absolute Gasteiger partial charge is 0.469 e. The highest BCUT2D eigenvalue weighted by atomic mass is 32.1. The number of carbonyl (C=O) groups excluding carboxylic acids is 7. The van der Waals surface area contributed by atoms with E-state index in [1.165, 1.54) is 85.7 Å². The lowest BCUT2D eigenvalue weighted by molar-refractivity contribution is -0.204. The summed E-state index contributed by atoms with van der Waals surface area (Å²) in [5, 5.41) is 18.9. The Balaban J connectivity index is 2.86. The van der Waals surface area contributed by atoms with Crippen molar-refractivity contribution in [3.8, 4) is 0 Å². The van der Waals surface area contributed by atoms with Crippen molar-refractivity contribution in [3.05, 3.63) is 0 Å². The van der Waals surface area contributed by atoms with Crippen LogP contribution in [0.25, 0.3) is 0 Å². The number of hydrogen-bond acceptors (Lipinski definition) is 14. The van der Waals surface area contributed by atoms with Gasteiger partial charge in [0.2, 0.25) is 23.6 Å². The first kappa shape index (κ1) is 58.5. The van der Waals surface area contributed by atoms with Crippen molar-refractivity contribution in [1.29, 1.82) is 0 Å². The van der Waals surface area contributed by atoms with Crippen LogP contribution in [0.15, 0.2) is 0 Å². The zero-order valence-corrected chi connectivity index (χ0v) is 40.4. The summed E-state index contributed by atoms with van der Waals surface area (Å²) >= 11 is 4.47. The molecule has 1 heterocycles. The number of hydrogen-bond donors (Lipinski definition) is 6. The minimum atomic E-state index is -1.54. The number of methoxy groups -OCH3 is 1. The van der Waals surface area contributed by atoms with Crippen LogP contribution in [-0.4, -0.2) is 114 Å². The third-order valence-corrected chi connectivity index (χ3v) is 11.7. The highest BCUT2D eigenvalue weighted by Gasteiger charge is 2.47. The van der Waals surface area contributed by atoms with Gasteiger partial charge in [0.05, 0.1) is 19.6 Å².